The van der Waals surface area contributed by atoms with Gasteiger partial charge in [0.25, 0.3) is 0 Å². The van der Waals surface area contributed by atoms with Crippen LogP contribution in [0.1, 0.15) is 38.9 Å². The lowest BCUT2D eigenvalue weighted by Gasteiger charge is -2.35. The van der Waals surface area contributed by atoms with Crippen molar-refractivity contribution in [2.45, 2.75) is 48.1 Å². The number of nitrogens with zero attached hydrogens (tertiary/aromatic N) is 4. The van der Waals surface area contributed by atoms with E-state index in [1.807, 2.05) is 18.2 Å². The highest BCUT2D eigenvalue weighted by Gasteiger charge is 2.29. The van der Waals surface area contributed by atoms with Crippen molar-refractivity contribution in [1.82, 2.24) is 0 Å². The van der Waals surface area contributed by atoms with Gasteiger partial charge in [-0.3, -0.25) is 0 Å². The third kappa shape index (κ3) is 9.44. The zero-order valence-electron chi connectivity index (χ0n) is 41.3. The van der Waals surface area contributed by atoms with Crippen molar-refractivity contribution in [3.05, 3.63) is 239 Å². The van der Waals surface area contributed by atoms with Gasteiger partial charge in [-0.15, -0.1) is 0 Å². The van der Waals surface area contributed by atoms with Crippen molar-refractivity contribution in [2.24, 2.45) is 0 Å². The molecule has 0 bridgehead atoms. The number of hydrogen-bond acceptors (Lipinski definition) is 7. The van der Waals surface area contributed by atoms with E-state index in [0.717, 1.165) is 107 Å². The number of para-hydroxylation sites is 3. The molecule has 0 aliphatic rings. The molecule has 0 saturated heterocycles. The van der Waals surface area contributed by atoms with Crippen LogP contribution in [0, 0.1) is 41.5 Å². The number of benzene rings is 9. The SMILES string of the molecule is COc1cc(N(c2ccccc2)c2cccc(C)c2)c(C)cc1N(c1cc(C)c(N(c2ccccc2)c2cccc(C)c2)cc1CO)c1cc(C)c(N(c2ccccc2)c2cccc(C)c2)cc1OC. The molecule has 9 rings (SSSR count). The second-order valence-corrected chi connectivity index (χ2v) is 17.9. The first kappa shape index (κ1) is 46.8. The van der Waals surface area contributed by atoms with Crippen molar-refractivity contribution in [3.63, 3.8) is 0 Å². The monoisotopic (exact) mass is 920 g/mol. The third-order valence-electron chi connectivity index (χ3n) is 12.8. The third-order valence-corrected chi connectivity index (χ3v) is 12.8. The molecule has 0 radical (unpaired) electrons. The molecule has 0 aliphatic carbocycles. The van der Waals surface area contributed by atoms with Crippen LogP contribution >= 0.6 is 0 Å². The second kappa shape index (κ2) is 20.5. The minimum atomic E-state index is -0.237. The summed E-state index contributed by atoms with van der Waals surface area (Å²) in [5.74, 6) is 1.28. The normalized spacial score (nSPS) is 11.0. The van der Waals surface area contributed by atoms with Crippen molar-refractivity contribution >= 4 is 68.2 Å². The Balaban J connectivity index is 1.30. The fourth-order valence-electron chi connectivity index (χ4n) is 9.49. The zero-order valence-corrected chi connectivity index (χ0v) is 41.3. The molecule has 0 aromatic heterocycles. The molecule has 350 valence electrons. The van der Waals surface area contributed by atoms with Gasteiger partial charge < -0.3 is 34.2 Å². The number of aliphatic hydroxyl groups is 1. The summed E-state index contributed by atoms with van der Waals surface area (Å²) in [5.41, 5.74) is 18.6. The Labute approximate surface area is 413 Å². The summed E-state index contributed by atoms with van der Waals surface area (Å²) in [6, 6.07) is 69.9. The summed E-state index contributed by atoms with van der Waals surface area (Å²) in [5, 5.41) is 11.7. The van der Waals surface area contributed by atoms with Gasteiger partial charge in [-0.2, -0.15) is 0 Å². The van der Waals surface area contributed by atoms with Gasteiger partial charge in [0.05, 0.1) is 49.3 Å². The van der Waals surface area contributed by atoms with Crippen LogP contribution in [0.15, 0.2) is 200 Å². The van der Waals surface area contributed by atoms with E-state index in [1.54, 1.807) is 14.2 Å². The molecular weight excluding hydrogens is 861 g/mol. The molecule has 9 aromatic carbocycles. The highest BCUT2D eigenvalue weighted by Crippen LogP contribution is 2.52. The number of hydrogen-bond donors (Lipinski definition) is 1. The van der Waals surface area contributed by atoms with Crippen molar-refractivity contribution in [1.29, 1.82) is 0 Å². The van der Waals surface area contributed by atoms with Crippen LogP contribution in [-0.4, -0.2) is 19.3 Å². The van der Waals surface area contributed by atoms with Crippen LogP contribution in [0.2, 0.25) is 0 Å². The van der Waals surface area contributed by atoms with Crippen LogP contribution in [-0.2, 0) is 6.61 Å². The number of methoxy groups -OCH3 is 2. The lowest BCUT2D eigenvalue weighted by atomic mass is 10.0. The lowest BCUT2D eigenvalue weighted by molar-refractivity contribution is 0.282. The number of aryl methyl sites for hydroxylation is 6. The Bertz CT molecular complexity index is 2920. The maximum absolute atomic E-state index is 11.7. The molecule has 0 fully saturated rings. The van der Waals surface area contributed by atoms with Crippen molar-refractivity contribution < 1.29 is 14.6 Å². The Morgan fingerprint density at radius 1 is 0.314 bits per heavy atom. The van der Waals surface area contributed by atoms with E-state index in [0.29, 0.717) is 11.5 Å². The minimum absolute atomic E-state index is 0.237. The van der Waals surface area contributed by atoms with Crippen LogP contribution < -0.4 is 29.1 Å². The highest BCUT2D eigenvalue weighted by molar-refractivity contribution is 5.92. The summed E-state index contributed by atoms with van der Waals surface area (Å²) in [4.78, 5) is 9.03. The molecule has 0 spiro atoms. The summed E-state index contributed by atoms with van der Waals surface area (Å²) in [6.07, 6.45) is 0. The maximum Gasteiger partial charge on any atom is 0.144 e. The van der Waals surface area contributed by atoms with Crippen molar-refractivity contribution in [2.75, 3.05) is 33.8 Å². The molecule has 0 amide bonds. The quantitative estimate of drug-likeness (QED) is 0.110. The van der Waals surface area contributed by atoms with Crippen LogP contribution in [0.5, 0.6) is 11.5 Å². The minimum Gasteiger partial charge on any atom is -0.494 e. The van der Waals surface area contributed by atoms with E-state index in [1.165, 1.54) is 0 Å². The molecule has 0 atom stereocenters. The van der Waals surface area contributed by atoms with Gasteiger partial charge in [0.1, 0.15) is 11.5 Å². The summed E-state index contributed by atoms with van der Waals surface area (Å²) in [6.45, 7) is 12.5. The molecule has 0 heterocycles. The summed E-state index contributed by atoms with van der Waals surface area (Å²) in [7, 11) is 3.45. The Hall–Kier alpha value is -8.26. The predicted molar refractivity (Wildman–Crippen MR) is 293 cm³/mol. The Kier molecular flexibility index (Phi) is 13.7. The number of anilines is 12. The first-order chi connectivity index (χ1) is 34.1. The van der Waals surface area contributed by atoms with Gasteiger partial charge in [-0.1, -0.05) is 91.0 Å². The zero-order chi connectivity index (χ0) is 48.9. The average Bonchev–Trinajstić information content (AvgIpc) is 3.37. The van der Waals surface area contributed by atoms with Gasteiger partial charge in [-0.25, -0.2) is 0 Å². The van der Waals surface area contributed by atoms with E-state index in [4.69, 9.17) is 9.47 Å². The van der Waals surface area contributed by atoms with Gasteiger partial charge in [0.15, 0.2) is 0 Å². The van der Waals surface area contributed by atoms with Crippen LogP contribution in [0.25, 0.3) is 0 Å². The van der Waals surface area contributed by atoms with Crippen LogP contribution in [0.4, 0.5) is 68.2 Å². The van der Waals surface area contributed by atoms with E-state index >= 15 is 0 Å². The van der Waals surface area contributed by atoms with E-state index in [2.05, 4.69) is 243 Å². The molecule has 1 N–H and O–H groups in total. The largest absolute Gasteiger partial charge is 0.494 e. The van der Waals surface area contributed by atoms with E-state index in [-0.39, 0.29) is 6.61 Å². The lowest BCUT2D eigenvalue weighted by Crippen LogP contribution is -2.19. The fraction of sp³-hybridized carbons (Fsp3) is 0.143. The fourth-order valence-corrected chi connectivity index (χ4v) is 9.49. The summed E-state index contributed by atoms with van der Waals surface area (Å²) < 4.78 is 13.0. The number of rotatable bonds is 15. The molecule has 70 heavy (non-hydrogen) atoms. The molecule has 0 unspecified atom stereocenters. The Morgan fingerprint density at radius 3 is 0.943 bits per heavy atom. The van der Waals surface area contributed by atoms with Gasteiger partial charge >= 0.3 is 0 Å². The second-order valence-electron chi connectivity index (χ2n) is 17.9. The first-order valence-corrected chi connectivity index (χ1v) is 23.7. The maximum atomic E-state index is 11.7. The van der Waals surface area contributed by atoms with Crippen LogP contribution in [0.3, 0.4) is 0 Å². The predicted octanol–water partition coefficient (Wildman–Crippen LogP) is 16.9. The number of ether oxygens (including phenoxy) is 2. The average molecular weight is 921 g/mol. The Morgan fingerprint density at radius 2 is 0.629 bits per heavy atom. The highest BCUT2D eigenvalue weighted by atomic mass is 16.5. The summed E-state index contributed by atoms with van der Waals surface area (Å²) >= 11 is 0. The molecule has 7 nitrogen and oxygen atoms in total. The standard InChI is InChI=1S/C63H60N4O3/c1-43-21-18-30-53(33-43)64(50-24-12-9-13-25-50)56-39-49(42-68)59(36-46(56)4)67(60-37-47(5)57(40-62(60)69-7)65(51-26-14-10-15-27-51)54-31-19-22-44(2)34-54)61-38-48(6)58(41-63(61)70-8)66(52-28-16-11-17-29-52)55-32-20-23-45(3)35-55/h9-41,68H,42H2,1-8H3. The van der Waals surface area contributed by atoms with E-state index < -0.39 is 0 Å². The van der Waals surface area contributed by atoms with E-state index in [9.17, 15) is 5.11 Å². The molecule has 0 aliphatic heterocycles. The van der Waals surface area contributed by atoms with Gasteiger partial charge in [-0.05, 0) is 172 Å². The molecule has 7 heteroatoms. The topological polar surface area (TPSA) is 51.7 Å². The molecule has 9 aromatic rings. The first-order valence-electron chi connectivity index (χ1n) is 23.7. The molecular formula is C63H60N4O3. The van der Waals surface area contributed by atoms with Gasteiger partial charge in [0.2, 0.25) is 0 Å². The molecule has 0 saturated carbocycles. The number of aliphatic hydroxyl groups excluding tert-OH is 1. The smallest absolute Gasteiger partial charge is 0.144 e. The van der Waals surface area contributed by atoms with Gasteiger partial charge in [0, 0.05) is 57.5 Å². The van der Waals surface area contributed by atoms with Crippen molar-refractivity contribution in [3.8, 4) is 11.5 Å².